The molecule has 142 valence electrons. The first-order valence-corrected chi connectivity index (χ1v) is 10.6. The van der Waals surface area contributed by atoms with Crippen LogP contribution in [0.4, 0.5) is 0 Å². The summed E-state index contributed by atoms with van der Waals surface area (Å²) in [4.78, 5) is 8.88. The fraction of sp³-hybridized carbons (Fsp3) is 0.529. The topological polar surface area (TPSA) is 88.8 Å². The van der Waals surface area contributed by atoms with Gasteiger partial charge in [-0.25, -0.2) is 8.42 Å². The highest BCUT2D eigenvalue weighted by atomic mass is 32.2. The fourth-order valence-corrected chi connectivity index (χ4v) is 3.42. The van der Waals surface area contributed by atoms with E-state index in [1.54, 1.807) is 7.11 Å². The van der Waals surface area contributed by atoms with Crippen molar-refractivity contribution in [3.63, 3.8) is 0 Å². The third-order valence-corrected chi connectivity index (χ3v) is 5.34. The molecule has 0 atom stereocenters. The Morgan fingerprint density at radius 1 is 1.12 bits per heavy atom. The van der Waals surface area contributed by atoms with Crippen molar-refractivity contribution >= 4 is 9.84 Å². The quantitative estimate of drug-likeness (QED) is 0.700. The van der Waals surface area contributed by atoms with E-state index >= 15 is 0 Å². The molecule has 26 heavy (non-hydrogen) atoms. The zero-order chi connectivity index (χ0) is 18.6. The summed E-state index contributed by atoms with van der Waals surface area (Å²) >= 11 is 0. The Labute approximate surface area is 153 Å². The molecule has 8 nitrogen and oxygen atoms in total. The van der Waals surface area contributed by atoms with E-state index in [4.69, 9.17) is 9.26 Å². The molecule has 0 bridgehead atoms. The predicted molar refractivity (Wildman–Crippen MR) is 97.7 cm³/mol. The van der Waals surface area contributed by atoms with E-state index in [-0.39, 0.29) is 5.75 Å². The molecule has 9 heteroatoms. The first kappa shape index (κ1) is 18.8. The second-order valence-electron chi connectivity index (χ2n) is 6.49. The van der Waals surface area contributed by atoms with Gasteiger partial charge in [0.15, 0.2) is 0 Å². The number of ether oxygens (including phenoxy) is 1. The highest BCUT2D eigenvalue weighted by Crippen LogP contribution is 2.20. The third kappa shape index (κ3) is 5.26. The Hall–Kier alpha value is -1.97. The minimum Gasteiger partial charge on any atom is -0.497 e. The number of nitrogens with zero attached hydrogens (tertiary/aromatic N) is 4. The van der Waals surface area contributed by atoms with E-state index in [0.29, 0.717) is 24.8 Å². The Morgan fingerprint density at radius 3 is 2.38 bits per heavy atom. The van der Waals surface area contributed by atoms with Crippen LogP contribution in [0.1, 0.15) is 5.89 Å². The van der Waals surface area contributed by atoms with Gasteiger partial charge in [0.2, 0.25) is 11.7 Å². The zero-order valence-corrected chi connectivity index (χ0v) is 15.9. The van der Waals surface area contributed by atoms with Crippen LogP contribution in [-0.2, 0) is 16.4 Å². The van der Waals surface area contributed by atoms with Gasteiger partial charge in [0, 0.05) is 44.5 Å². The van der Waals surface area contributed by atoms with Crippen LogP contribution < -0.4 is 4.74 Å². The first-order valence-electron chi connectivity index (χ1n) is 8.52. The van der Waals surface area contributed by atoms with Crippen LogP contribution in [0, 0.1) is 0 Å². The van der Waals surface area contributed by atoms with Crippen molar-refractivity contribution in [3.05, 3.63) is 30.2 Å². The van der Waals surface area contributed by atoms with Gasteiger partial charge < -0.3 is 9.26 Å². The number of hydrogen-bond donors (Lipinski definition) is 0. The van der Waals surface area contributed by atoms with Crippen molar-refractivity contribution in [2.24, 2.45) is 0 Å². The predicted octanol–water partition coefficient (Wildman–Crippen LogP) is 0.907. The number of rotatable bonds is 7. The molecule has 0 amide bonds. The lowest BCUT2D eigenvalue weighted by molar-refractivity contribution is 0.121. The molecule has 1 aromatic heterocycles. The minimum atomic E-state index is -2.91. The van der Waals surface area contributed by atoms with E-state index in [0.717, 1.165) is 37.5 Å². The summed E-state index contributed by atoms with van der Waals surface area (Å²) < 4.78 is 33.0. The van der Waals surface area contributed by atoms with Crippen LogP contribution in [-0.4, -0.2) is 80.2 Å². The number of piperazine rings is 1. The highest BCUT2D eigenvalue weighted by molar-refractivity contribution is 7.90. The average molecular weight is 380 g/mol. The second kappa shape index (κ2) is 8.15. The van der Waals surface area contributed by atoms with Gasteiger partial charge in [0.1, 0.15) is 15.6 Å². The summed E-state index contributed by atoms with van der Waals surface area (Å²) in [7, 11) is -1.28. The van der Waals surface area contributed by atoms with E-state index in [1.165, 1.54) is 6.26 Å². The summed E-state index contributed by atoms with van der Waals surface area (Å²) in [5, 5.41) is 4.05. The molecule has 1 aromatic carbocycles. The molecular formula is C17H24N4O4S. The average Bonchev–Trinajstić information content (AvgIpc) is 3.09. The lowest BCUT2D eigenvalue weighted by atomic mass is 10.2. The Balaban J connectivity index is 1.50. The normalized spacial score (nSPS) is 16.7. The van der Waals surface area contributed by atoms with Crippen LogP contribution in [0.5, 0.6) is 5.75 Å². The van der Waals surface area contributed by atoms with Crippen molar-refractivity contribution in [1.82, 2.24) is 19.9 Å². The largest absolute Gasteiger partial charge is 0.497 e. The van der Waals surface area contributed by atoms with E-state index in [9.17, 15) is 8.42 Å². The van der Waals surface area contributed by atoms with Crippen molar-refractivity contribution in [2.45, 2.75) is 6.54 Å². The minimum absolute atomic E-state index is 0.210. The molecule has 1 saturated heterocycles. The monoisotopic (exact) mass is 380 g/mol. The standard InChI is InChI=1S/C17H24N4O4S/c1-24-15-5-3-14(4-6-15)17-18-16(25-19-17)13-21-9-7-20(8-10-21)11-12-26(2,22)23/h3-6H,7-13H2,1-2H3. The number of sulfone groups is 1. The highest BCUT2D eigenvalue weighted by Gasteiger charge is 2.20. The van der Waals surface area contributed by atoms with Gasteiger partial charge in [0.05, 0.1) is 19.4 Å². The Kier molecular flexibility index (Phi) is 5.90. The zero-order valence-electron chi connectivity index (χ0n) is 15.1. The van der Waals surface area contributed by atoms with Crippen molar-refractivity contribution in [1.29, 1.82) is 0 Å². The molecule has 0 aliphatic carbocycles. The van der Waals surface area contributed by atoms with Gasteiger partial charge in [0.25, 0.3) is 0 Å². The SMILES string of the molecule is COc1ccc(-c2noc(CN3CCN(CCS(C)(=O)=O)CC3)n2)cc1. The summed E-state index contributed by atoms with van der Waals surface area (Å²) in [6, 6.07) is 7.52. The van der Waals surface area contributed by atoms with E-state index in [2.05, 4.69) is 19.9 Å². The molecule has 0 spiro atoms. The number of methoxy groups -OCH3 is 1. The number of aromatic nitrogens is 2. The second-order valence-corrected chi connectivity index (χ2v) is 8.75. The summed E-state index contributed by atoms with van der Waals surface area (Å²) in [5.74, 6) is 2.14. The maximum absolute atomic E-state index is 11.3. The maximum atomic E-state index is 11.3. The Morgan fingerprint density at radius 2 is 1.77 bits per heavy atom. The lowest BCUT2D eigenvalue weighted by Crippen LogP contribution is -2.47. The van der Waals surface area contributed by atoms with E-state index < -0.39 is 9.84 Å². The van der Waals surface area contributed by atoms with Gasteiger partial charge in [-0.3, -0.25) is 9.80 Å². The molecule has 0 unspecified atom stereocenters. The van der Waals surface area contributed by atoms with Gasteiger partial charge in [-0.15, -0.1) is 0 Å². The van der Waals surface area contributed by atoms with Crippen LogP contribution in [0.2, 0.25) is 0 Å². The molecule has 0 saturated carbocycles. The summed E-state index contributed by atoms with van der Waals surface area (Å²) in [6.45, 7) is 4.58. The fourth-order valence-electron chi connectivity index (χ4n) is 2.83. The molecule has 2 heterocycles. The molecular weight excluding hydrogens is 356 g/mol. The third-order valence-electron chi connectivity index (χ3n) is 4.42. The molecule has 1 aliphatic rings. The first-order chi connectivity index (χ1) is 12.4. The van der Waals surface area contributed by atoms with Crippen LogP contribution >= 0.6 is 0 Å². The molecule has 1 fully saturated rings. The Bertz CT molecular complexity index is 812. The molecule has 0 N–H and O–H groups in total. The van der Waals surface area contributed by atoms with Crippen molar-refractivity contribution < 1.29 is 17.7 Å². The van der Waals surface area contributed by atoms with Crippen molar-refractivity contribution in [3.8, 4) is 17.1 Å². The number of benzene rings is 1. The molecule has 3 rings (SSSR count). The van der Waals surface area contributed by atoms with Crippen LogP contribution in [0.3, 0.4) is 0 Å². The van der Waals surface area contributed by atoms with Crippen LogP contribution in [0.25, 0.3) is 11.4 Å². The van der Waals surface area contributed by atoms with Crippen molar-refractivity contribution in [2.75, 3.05) is 51.8 Å². The van der Waals surface area contributed by atoms with Gasteiger partial charge in [-0.1, -0.05) is 5.16 Å². The smallest absolute Gasteiger partial charge is 0.241 e. The molecule has 2 aromatic rings. The van der Waals surface area contributed by atoms with E-state index in [1.807, 2.05) is 24.3 Å². The maximum Gasteiger partial charge on any atom is 0.241 e. The van der Waals surface area contributed by atoms with Gasteiger partial charge in [-0.2, -0.15) is 4.98 Å². The summed E-state index contributed by atoms with van der Waals surface area (Å²) in [6.07, 6.45) is 1.28. The molecule has 0 radical (unpaired) electrons. The lowest BCUT2D eigenvalue weighted by Gasteiger charge is -2.33. The van der Waals surface area contributed by atoms with Crippen LogP contribution in [0.15, 0.2) is 28.8 Å². The summed E-state index contributed by atoms with van der Waals surface area (Å²) in [5.41, 5.74) is 0.881. The number of hydrogen-bond acceptors (Lipinski definition) is 8. The van der Waals surface area contributed by atoms with Gasteiger partial charge >= 0.3 is 0 Å². The molecule has 1 aliphatic heterocycles. The van der Waals surface area contributed by atoms with Gasteiger partial charge in [-0.05, 0) is 24.3 Å².